The van der Waals surface area contributed by atoms with E-state index in [9.17, 15) is 4.79 Å². The summed E-state index contributed by atoms with van der Waals surface area (Å²) >= 11 is 0. The van der Waals surface area contributed by atoms with E-state index in [1.807, 2.05) is 20.8 Å². The molecule has 0 bridgehead atoms. The van der Waals surface area contributed by atoms with Crippen molar-refractivity contribution in [3.05, 3.63) is 0 Å². The van der Waals surface area contributed by atoms with Crippen LogP contribution in [0.25, 0.3) is 0 Å². The van der Waals surface area contributed by atoms with Gasteiger partial charge < -0.3 is 15.4 Å². The molecule has 0 saturated carbocycles. The SMILES string of the molecule is CC(C)(C)OC(=O)C1CNCC12CCNCC2. The maximum atomic E-state index is 12.3. The molecule has 0 radical (unpaired) electrons. The zero-order valence-corrected chi connectivity index (χ0v) is 11.1. The standard InChI is InChI=1S/C13H24N2O2/c1-12(2,3)17-11(16)10-8-15-9-13(10)4-6-14-7-5-13/h10,14-15H,4-9H2,1-3H3. The molecular formula is C13H24N2O2. The molecule has 0 aromatic carbocycles. The molecule has 2 aliphatic heterocycles. The van der Waals surface area contributed by atoms with Crippen LogP contribution in [0.2, 0.25) is 0 Å². The molecule has 2 fully saturated rings. The van der Waals surface area contributed by atoms with E-state index in [0.717, 1.165) is 39.0 Å². The molecule has 1 unspecified atom stereocenters. The minimum atomic E-state index is -0.381. The Balaban J connectivity index is 2.06. The van der Waals surface area contributed by atoms with Crippen LogP contribution >= 0.6 is 0 Å². The summed E-state index contributed by atoms with van der Waals surface area (Å²) in [6.45, 7) is 9.56. The predicted molar refractivity (Wildman–Crippen MR) is 66.7 cm³/mol. The average Bonchev–Trinajstić information content (AvgIpc) is 2.60. The van der Waals surface area contributed by atoms with Crippen molar-refractivity contribution in [2.75, 3.05) is 26.2 Å². The molecule has 2 aliphatic rings. The van der Waals surface area contributed by atoms with Gasteiger partial charge >= 0.3 is 5.97 Å². The van der Waals surface area contributed by atoms with Gasteiger partial charge in [-0.15, -0.1) is 0 Å². The Morgan fingerprint density at radius 2 is 1.88 bits per heavy atom. The van der Waals surface area contributed by atoms with Crippen molar-refractivity contribution in [3.8, 4) is 0 Å². The largest absolute Gasteiger partial charge is 0.460 e. The molecule has 1 atom stereocenters. The number of carbonyl (C=O) groups is 1. The fraction of sp³-hybridized carbons (Fsp3) is 0.923. The average molecular weight is 240 g/mol. The van der Waals surface area contributed by atoms with Crippen LogP contribution in [0.4, 0.5) is 0 Å². The molecule has 2 saturated heterocycles. The van der Waals surface area contributed by atoms with E-state index in [-0.39, 0.29) is 22.9 Å². The lowest BCUT2D eigenvalue weighted by molar-refractivity contribution is -0.163. The summed E-state index contributed by atoms with van der Waals surface area (Å²) in [6, 6.07) is 0. The highest BCUT2D eigenvalue weighted by atomic mass is 16.6. The van der Waals surface area contributed by atoms with Gasteiger partial charge in [-0.2, -0.15) is 0 Å². The van der Waals surface area contributed by atoms with Gasteiger partial charge in [0.25, 0.3) is 0 Å². The number of rotatable bonds is 1. The molecule has 0 amide bonds. The highest BCUT2D eigenvalue weighted by Crippen LogP contribution is 2.40. The zero-order valence-electron chi connectivity index (χ0n) is 11.1. The minimum Gasteiger partial charge on any atom is -0.460 e. The molecule has 0 aromatic heterocycles. The third kappa shape index (κ3) is 2.80. The van der Waals surface area contributed by atoms with Crippen LogP contribution in [0.1, 0.15) is 33.6 Å². The van der Waals surface area contributed by atoms with E-state index in [1.165, 1.54) is 0 Å². The fourth-order valence-electron chi connectivity index (χ4n) is 2.96. The van der Waals surface area contributed by atoms with Crippen molar-refractivity contribution >= 4 is 5.97 Å². The van der Waals surface area contributed by atoms with Crippen molar-refractivity contribution in [1.82, 2.24) is 10.6 Å². The summed E-state index contributed by atoms with van der Waals surface area (Å²) < 4.78 is 5.55. The molecule has 0 aliphatic carbocycles. The molecule has 17 heavy (non-hydrogen) atoms. The number of hydrogen-bond acceptors (Lipinski definition) is 4. The predicted octanol–water partition coefficient (Wildman–Crippen LogP) is 0.917. The Kier molecular flexibility index (Phi) is 3.46. The van der Waals surface area contributed by atoms with Gasteiger partial charge in [0.1, 0.15) is 5.60 Å². The van der Waals surface area contributed by atoms with Gasteiger partial charge in [0.2, 0.25) is 0 Å². The second-order valence-electron chi connectivity index (χ2n) is 6.33. The van der Waals surface area contributed by atoms with Gasteiger partial charge in [0.15, 0.2) is 0 Å². The zero-order chi connectivity index (χ0) is 12.5. The number of piperidine rings is 1. The van der Waals surface area contributed by atoms with Crippen molar-refractivity contribution < 1.29 is 9.53 Å². The first kappa shape index (κ1) is 12.8. The molecule has 1 spiro atoms. The molecular weight excluding hydrogens is 216 g/mol. The fourth-order valence-corrected chi connectivity index (χ4v) is 2.96. The molecule has 2 N–H and O–H groups in total. The van der Waals surface area contributed by atoms with E-state index < -0.39 is 0 Å². The monoisotopic (exact) mass is 240 g/mol. The maximum absolute atomic E-state index is 12.3. The van der Waals surface area contributed by atoms with Crippen LogP contribution in [0.3, 0.4) is 0 Å². The molecule has 0 aromatic rings. The molecule has 2 heterocycles. The second-order valence-corrected chi connectivity index (χ2v) is 6.33. The molecule has 98 valence electrons. The Morgan fingerprint density at radius 3 is 2.47 bits per heavy atom. The lowest BCUT2D eigenvalue weighted by Gasteiger charge is -2.38. The van der Waals surface area contributed by atoms with Crippen LogP contribution < -0.4 is 10.6 Å². The Bertz CT molecular complexity index is 290. The van der Waals surface area contributed by atoms with Crippen molar-refractivity contribution in [3.63, 3.8) is 0 Å². The van der Waals surface area contributed by atoms with Gasteiger partial charge in [0.05, 0.1) is 5.92 Å². The summed E-state index contributed by atoms with van der Waals surface area (Å²) in [6.07, 6.45) is 2.15. The molecule has 2 rings (SSSR count). The van der Waals surface area contributed by atoms with E-state index in [2.05, 4.69) is 10.6 Å². The minimum absolute atomic E-state index is 0.0237. The van der Waals surface area contributed by atoms with Crippen molar-refractivity contribution in [2.24, 2.45) is 11.3 Å². The summed E-state index contributed by atoms with van der Waals surface area (Å²) in [4.78, 5) is 12.3. The first-order valence-corrected chi connectivity index (χ1v) is 6.57. The Morgan fingerprint density at radius 1 is 1.24 bits per heavy atom. The molecule has 4 nitrogen and oxygen atoms in total. The number of carbonyl (C=O) groups excluding carboxylic acids is 1. The lowest BCUT2D eigenvalue weighted by atomic mass is 9.71. The van der Waals surface area contributed by atoms with Crippen molar-refractivity contribution in [2.45, 2.75) is 39.2 Å². The normalized spacial score (nSPS) is 28.3. The summed E-state index contributed by atoms with van der Waals surface area (Å²) in [5, 5.41) is 6.73. The quantitative estimate of drug-likeness (QED) is 0.669. The highest BCUT2D eigenvalue weighted by Gasteiger charge is 2.48. The summed E-state index contributed by atoms with van der Waals surface area (Å²) in [5.41, 5.74) is -0.249. The Labute approximate surface area is 103 Å². The smallest absolute Gasteiger partial charge is 0.311 e. The lowest BCUT2D eigenvalue weighted by Crippen LogP contribution is -2.45. The van der Waals surface area contributed by atoms with Gasteiger partial charge in [-0.25, -0.2) is 0 Å². The number of hydrogen-bond donors (Lipinski definition) is 2. The third-order valence-electron chi connectivity index (χ3n) is 3.86. The Hall–Kier alpha value is -0.610. The first-order valence-electron chi connectivity index (χ1n) is 6.57. The van der Waals surface area contributed by atoms with Crippen LogP contribution in [0.5, 0.6) is 0 Å². The van der Waals surface area contributed by atoms with Gasteiger partial charge in [0, 0.05) is 13.1 Å². The van der Waals surface area contributed by atoms with E-state index in [1.54, 1.807) is 0 Å². The third-order valence-corrected chi connectivity index (χ3v) is 3.86. The highest BCUT2D eigenvalue weighted by molar-refractivity contribution is 5.74. The number of nitrogens with one attached hydrogen (secondary N) is 2. The topological polar surface area (TPSA) is 50.4 Å². The van der Waals surface area contributed by atoms with Gasteiger partial charge in [-0.05, 0) is 52.1 Å². The van der Waals surface area contributed by atoms with Gasteiger partial charge in [-0.1, -0.05) is 0 Å². The molecule has 4 heteroatoms. The van der Waals surface area contributed by atoms with Crippen LogP contribution in [-0.4, -0.2) is 37.7 Å². The summed E-state index contributed by atoms with van der Waals surface area (Å²) in [7, 11) is 0. The maximum Gasteiger partial charge on any atom is 0.311 e. The van der Waals surface area contributed by atoms with Crippen LogP contribution in [0, 0.1) is 11.3 Å². The van der Waals surface area contributed by atoms with Crippen LogP contribution in [0.15, 0.2) is 0 Å². The summed E-state index contributed by atoms with van der Waals surface area (Å²) in [5.74, 6) is 0.00762. The van der Waals surface area contributed by atoms with E-state index >= 15 is 0 Å². The van der Waals surface area contributed by atoms with Crippen LogP contribution in [-0.2, 0) is 9.53 Å². The van der Waals surface area contributed by atoms with Crippen molar-refractivity contribution in [1.29, 1.82) is 0 Å². The first-order chi connectivity index (χ1) is 7.93. The number of ether oxygens (including phenoxy) is 1. The number of esters is 1. The van der Waals surface area contributed by atoms with E-state index in [4.69, 9.17) is 4.74 Å². The van der Waals surface area contributed by atoms with Gasteiger partial charge in [-0.3, -0.25) is 4.79 Å². The van der Waals surface area contributed by atoms with E-state index in [0.29, 0.717) is 0 Å². The second kappa shape index (κ2) is 4.58.